The molecule has 0 spiro atoms. The third-order valence-electron chi connectivity index (χ3n) is 2.55. The van der Waals surface area contributed by atoms with E-state index in [2.05, 4.69) is 5.32 Å². The van der Waals surface area contributed by atoms with Crippen molar-refractivity contribution < 1.29 is 19.5 Å². The molecule has 0 saturated carbocycles. The van der Waals surface area contributed by atoms with Crippen LogP contribution in [-0.2, 0) is 9.59 Å². The van der Waals surface area contributed by atoms with Gasteiger partial charge in [-0.05, 0) is 32.0 Å². The minimum atomic E-state index is -1.26. The number of carbonyl (C=O) groups excluding carboxylic acids is 2. The van der Waals surface area contributed by atoms with Gasteiger partial charge in [0.2, 0.25) is 5.91 Å². The molecule has 0 bridgehead atoms. The van der Waals surface area contributed by atoms with Gasteiger partial charge in [-0.15, -0.1) is 0 Å². The number of carbonyl (C=O) groups is 3. The van der Waals surface area contributed by atoms with Crippen molar-refractivity contribution in [2.45, 2.75) is 20.3 Å². The number of aliphatic carboxylic acids is 1. The molecular formula is C13H14Cl2N2O4. The van der Waals surface area contributed by atoms with Crippen molar-refractivity contribution in [3.8, 4) is 0 Å². The van der Waals surface area contributed by atoms with E-state index in [-0.39, 0.29) is 6.42 Å². The molecule has 0 radical (unpaired) electrons. The molecular weight excluding hydrogens is 319 g/mol. The topological polar surface area (TPSA) is 95.5 Å². The van der Waals surface area contributed by atoms with Gasteiger partial charge in [-0.3, -0.25) is 14.9 Å². The van der Waals surface area contributed by atoms with E-state index in [0.717, 1.165) is 0 Å². The second-order valence-electron chi connectivity index (χ2n) is 5.03. The Bertz CT molecular complexity index is 567. The molecule has 114 valence electrons. The Kier molecular flexibility index (Phi) is 5.57. The Morgan fingerprint density at radius 2 is 1.67 bits per heavy atom. The number of carboxylic acids is 1. The highest BCUT2D eigenvalue weighted by Crippen LogP contribution is 2.22. The normalized spacial score (nSPS) is 10.9. The number of urea groups is 1. The fourth-order valence-corrected chi connectivity index (χ4v) is 1.96. The van der Waals surface area contributed by atoms with Crippen LogP contribution in [0.5, 0.6) is 0 Å². The van der Waals surface area contributed by atoms with E-state index in [9.17, 15) is 14.4 Å². The molecule has 3 amide bonds. The lowest BCUT2D eigenvalue weighted by Gasteiger charge is -2.17. The molecule has 1 rings (SSSR count). The van der Waals surface area contributed by atoms with Crippen molar-refractivity contribution in [2.24, 2.45) is 5.41 Å². The summed E-state index contributed by atoms with van der Waals surface area (Å²) in [6.45, 7) is 2.78. The minimum absolute atomic E-state index is 0.315. The summed E-state index contributed by atoms with van der Waals surface area (Å²) < 4.78 is 0. The predicted octanol–water partition coefficient (Wildman–Crippen LogP) is 3.14. The Hall–Kier alpha value is -1.79. The summed E-state index contributed by atoms with van der Waals surface area (Å²) in [6.07, 6.45) is -0.327. The lowest BCUT2D eigenvalue weighted by molar-refractivity contribution is -0.149. The van der Waals surface area contributed by atoms with Crippen molar-refractivity contribution in [3.63, 3.8) is 0 Å². The fourth-order valence-electron chi connectivity index (χ4n) is 1.44. The van der Waals surface area contributed by atoms with Crippen molar-refractivity contribution >= 4 is 46.8 Å². The van der Waals surface area contributed by atoms with E-state index in [1.54, 1.807) is 0 Å². The SMILES string of the molecule is CC(C)(CC(=O)NC(=O)Nc1cc(Cl)cc(Cl)c1)C(=O)O. The zero-order chi connectivity index (χ0) is 16.2. The molecule has 3 N–H and O–H groups in total. The largest absolute Gasteiger partial charge is 0.481 e. The number of carboxylic acid groups (broad SMARTS) is 1. The molecule has 0 fully saturated rings. The first kappa shape index (κ1) is 17.3. The van der Waals surface area contributed by atoms with Crippen LogP contribution >= 0.6 is 23.2 Å². The van der Waals surface area contributed by atoms with Crippen molar-refractivity contribution in [1.29, 1.82) is 0 Å². The van der Waals surface area contributed by atoms with E-state index in [1.807, 2.05) is 5.32 Å². The molecule has 0 aliphatic carbocycles. The summed E-state index contributed by atoms with van der Waals surface area (Å²) >= 11 is 11.5. The molecule has 0 aliphatic rings. The van der Waals surface area contributed by atoms with Gasteiger partial charge in [0.15, 0.2) is 0 Å². The van der Waals surface area contributed by atoms with Crippen LogP contribution in [0, 0.1) is 5.41 Å². The zero-order valence-electron chi connectivity index (χ0n) is 11.4. The summed E-state index contributed by atoms with van der Waals surface area (Å²) in [5.41, 5.74) is -0.945. The number of benzene rings is 1. The maximum atomic E-state index is 11.6. The number of anilines is 1. The molecule has 6 nitrogen and oxygen atoms in total. The highest BCUT2D eigenvalue weighted by molar-refractivity contribution is 6.35. The van der Waals surface area contributed by atoms with Crippen LogP contribution in [0.1, 0.15) is 20.3 Å². The molecule has 21 heavy (non-hydrogen) atoms. The van der Waals surface area contributed by atoms with E-state index in [1.165, 1.54) is 32.0 Å². The highest BCUT2D eigenvalue weighted by Gasteiger charge is 2.30. The lowest BCUT2D eigenvalue weighted by Crippen LogP contribution is -2.38. The van der Waals surface area contributed by atoms with Gasteiger partial charge in [0, 0.05) is 22.2 Å². The molecule has 8 heteroatoms. The van der Waals surface area contributed by atoms with Crippen LogP contribution in [0.3, 0.4) is 0 Å². The Labute approximate surface area is 131 Å². The minimum Gasteiger partial charge on any atom is -0.481 e. The van der Waals surface area contributed by atoms with Crippen molar-refractivity contribution in [1.82, 2.24) is 5.32 Å². The first-order valence-electron chi connectivity index (χ1n) is 5.90. The second-order valence-corrected chi connectivity index (χ2v) is 5.90. The lowest BCUT2D eigenvalue weighted by atomic mass is 9.89. The maximum Gasteiger partial charge on any atom is 0.325 e. The number of nitrogens with one attached hydrogen (secondary N) is 2. The van der Waals surface area contributed by atoms with Gasteiger partial charge in [0.1, 0.15) is 0 Å². The van der Waals surface area contributed by atoms with Gasteiger partial charge in [0.25, 0.3) is 0 Å². The van der Waals surface area contributed by atoms with Crippen LogP contribution < -0.4 is 10.6 Å². The van der Waals surface area contributed by atoms with Crippen LogP contribution in [-0.4, -0.2) is 23.0 Å². The average Bonchev–Trinajstić information content (AvgIpc) is 2.25. The summed E-state index contributed by atoms with van der Waals surface area (Å²) in [5.74, 6) is -1.83. The fraction of sp³-hybridized carbons (Fsp3) is 0.308. The van der Waals surface area contributed by atoms with Crippen LogP contribution in [0.2, 0.25) is 10.0 Å². The number of halogens is 2. The first-order chi connectivity index (χ1) is 9.60. The summed E-state index contributed by atoms with van der Waals surface area (Å²) in [4.78, 5) is 34.1. The molecule has 1 aromatic rings. The standard InChI is InChI=1S/C13H14Cl2N2O4/c1-13(2,11(19)20)6-10(18)17-12(21)16-9-4-7(14)3-8(15)5-9/h3-5H,6H2,1-2H3,(H,19,20)(H2,16,17,18,21). The zero-order valence-corrected chi connectivity index (χ0v) is 12.9. The average molecular weight is 333 g/mol. The maximum absolute atomic E-state index is 11.6. The highest BCUT2D eigenvalue weighted by atomic mass is 35.5. The van der Waals surface area contributed by atoms with E-state index in [0.29, 0.717) is 15.7 Å². The van der Waals surface area contributed by atoms with Gasteiger partial charge in [-0.25, -0.2) is 4.79 Å². The molecule has 0 aliphatic heterocycles. The summed E-state index contributed by atoms with van der Waals surface area (Å²) in [6, 6.07) is 3.61. The van der Waals surface area contributed by atoms with E-state index >= 15 is 0 Å². The van der Waals surface area contributed by atoms with Crippen LogP contribution in [0.4, 0.5) is 10.5 Å². The van der Waals surface area contributed by atoms with E-state index < -0.39 is 23.3 Å². The van der Waals surface area contributed by atoms with Gasteiger partial charge < -0.3 is 10.4 Å². The third kappa shape index (κ3) is 5.61. The molecule has 0 saturated heterocycles. The third-order valence-corrected chi connectivity index (χ3v) is 2.99. The quantitative estimate of drug-likeness (QED) is 0.789. The van der Waals surface area contributed by atoms with E-state index in [4.69, 9.17) is 28.3 Å². The van der Waals surface area contributed by atoms with Crippen LogP contribution in [0.15, 0.2) is 18.2 Å². The van der Waals surface area contributed by atoms with Gasteiger partial charge in [-0.1, -0.05) is 23.2 Å². The number of hydrogen-bond acceptors (Lipinski definition) is 3. The van der Waals surface area contributed by atoms with Gasteiger partial charge in [0.05, 0.1) is 5.41 Å². The molecule has 0 heterocycles. The number of imide groups is 1. The smallest absolute Gasteiger partial charge is 0.325 e. The summed E-state index contributed by atoms with van der Waals surface area (Å²) in [7, 11) is 0. The number of rotatable bonds is 4. The number of hydrogen-bond donors (Lipinski definition) is 3. The van der Waals surface area contributed by atoms with Gasteiger partial charge >= 0.3 is 12.0 Å². The first-order valence-corrected chi connectivity index (χ1v) is 6.66. The van der Waals surface area contributed by atoms with Crippen molar-refractivity contribution in [3.05, 3.63) is 28.2 Å². The Balaban J connectivity index is 2.61. The molecule has 0 unspecified atom stereocenters. The Morgan fingerprint density at radius 1 is 1.14 bits per heavy atom. The molecule has 0 aromatic heterocycles. The predicted molar refractivity (Wildman–Crippen MR) is 79.7 cm³/mol. The molecule has 1 aromatic carbocycles. The van der Waals surface area contributed by atoms with Crippen molar-refractivity contribution in [2.75, 3.05) is 5.32 Å². The van der Waals surface area contributed by atoms with Crippen LogP contribution in [0.25, 0.3) is 0 Å². The second kappa shape index (κ2) is 6.78. The summed E-state index contributed by atoms with van der Waals surface area (Å²) in [5, 5.41) is 14.0. The molecule has 0 atom stereocenters. The Morgan fingerprint density at radius 3 is 2.14 bits per heavy atom. The van der Waals surface area contributed by atoms with Gasteiger partial charge in [-0.2, -0.15) is 0 Å². The number of amides is 3. The monoisotopic (exact) mass is 332 g/mol.